The minimum absolute atomic E-state index is 0.0874. The van der Waals surface area contributed by atoms with Crippen molar-refractivity contribution in [3.63, 3.8) is 0 Å². The van der Waals surface area contributed by atoms with Gasteiger partial charge in [-0.1, -0.05) is 51.1 Å². The number of hydrogen-bond donors (Lipinski definition) is 1. The number of nitrogens with one attached hydrogen (secondary N) is 1. The van der Waals surface area contributed by atoms with Crippen molar-refractivity contribution in [3.8, 4) is 11.3 Å². The Balaban J connectivity index is 1.88. The predicted octanol–water partition coefficient (Wildman–Crippen LogP) is 3.59. The van der Waals surface area contributed by atoms with Gasteiger partial charge in [-0.3, -0.25) is 4.79 Å². The van der Waals surface area contributed by atoms with Crippen LogP contribution in [0.3, 0.4) is 0 Å². The maximum absolute atomic E-state index is 12.8. The van der Waals surface area contributed by atoms with Crippen LogP contribution in [-0.2, 0) is 5.41 Å². The number of rotatable bonds is 3. The molecule has 0 bridgehead atoms. The molecule has 2 aromatic heterocycles. The first-order valence-corrected chi connectivity index (χ1v) is 8.69. The maximum atomic E-state index is 12.8. The van der Waals surface area contributed by atoms with Gasteiger partial charge in [0.2, 0.25) is 0 Å². The van der Waals surface area contributed by atoms with Crippen molar-refractivity contribution in [2.24, 2.45) is 0 Å². The van der Waals surface area contributed by atoms with E-state index in [-0.39, 0.29) is 11.3 Å². The zero-order valence-corrected chi connectivity index (χ0v) is 14.8. The van der Waals surface area contributed by atoms with Gasteiger partial charge in [0.15, 0.2) is 5.65 Å². The molecule has 0 unspecified atom stereocenters. The van der Waals surface area contributed by atoms with E-state index in [2.05, 4.69) is 31.2 Å². The lowest BCUT2D eigenvalue weighted by Gasteiger charge is -2.13. The van der Waals surface area contributed by atoms with Crippen LogP contribution in [0.5, 0.6) is 0 Å². The number of amides is 1. The van der Waals surface area contributed by atoms with Gasteiger partial charge in [-0.25, -0.2) is 9.50 Å². The highest BCUT2D eigenvalue weighted by molar-refractivity contribution is 5.94. The van der Waals surface area contributed by atoms with Gasteiger partial charge in [-0.2, -0.15) is 5.10 Å². The molecule has 1 fully saturated rings. The van der Waals surface area contributed by atoms with Gasteiger partial charge in [0, 0.05) is 23.1 Å². The van der Waals surface area contributed by atoms with E-state index in [4.69, 9.17) is 4.98 Å². The van der Waals surface area contributed by atoms with E-state index in [1.807, 2.05) is 42.5 Å². The monoisotopic (exact) mass is 334 g/mol. The first-order chi connectivity index (χ1) is 11.9. The molecule has 1 aliphatic carbocycles. The number of nitrogens with zero attached hydrogens (tertiary/aromatic N) is 3. The summed E-state index contributed by atoms with van der Waals surface area (Å²) in [5, 5.41) is 7.72. The average molecular weight is 334 g/mol. The first kappa shape index (κ1) is 15.8. The summed E-state index contributed by atoms with van der Waals surface area (Å²) in [4.78, 5) is 17.5. The van der Waals surface area contributed by atoms with Crippen molar-refractivity contribution in [3.05, 3.63) is 53.9 Å². The summed E-state index contributed by atoms with van der Waals surface area (Å²) in [5.41, 5.74) is 3.83. The van der Waals surface area contributed by atoms with Crippen molar-refractivity contribution < 1.29 is 4.79 Å². The molecular weight excluding hydrogens is 312 g/mol. The zero-order chi connectivity index (χ0) is 17.6. The SMILES string of the molecule is CC(C)(C)c1cc2nc(-c3ccccc3)cc(C(=O)NC3CC3)n2n1. The summed E-state index contributed by atoms with van der Waals surface area (Å²) >= 11 is 0. The van der Waals surface area contributed by atoms with Crippen LogP contribution in [0.4, 0.5) is 0 Å². The van der Waals surface area contributed by atoms with Crippen LogP contribution in [0.15, 0.2) is 42.5 Å². The van der Waals surface area contributed by atoms with Crippen LogP contribution in [0, 0.1) is 0 Å². The van der Waals surface area contributed by atoms with E-state index in [1.54, 1.807) is 4.52 Å². The third-order valence-corrected chi connectivity index (χ3v) is 4.41. The Kier molecular flexibility index (Phi) is 3.60. The molecule has 1 amide bonds. The van der Waals surface area contributed by atoms with Crippen molar-refractivity contribution >= 4 is 11.6 Å². The molecule has 5 heteroatoms. The van der Waals surface area contributed by atoms with Crippen molar-refractivity contribution in [2.75, 3.05) is 0 Å². The largest absolute Gasteiger partial charge is 0.348 e. The summed E-state index contributed by atoms with van der Waals surface area (Å²) in [5.74, 6) is -0.0874. The van der Waals surface area contributed by atoms with E-state index >= 15 is 0 Å². The molecule has 2 heterocycles. The fourth-order valence-corrected chi connectivity index (χ4v) is 2.75. The van der Waals surface area contributed by atoms with Crippen LogP contribution < -0.4 is 5.32 Å². The van der Waals surface area contributed by atoms with Crippen molar-refractivity contribution in [2.45, 2.75) is 45.1 Å². The summed E-state index contributed by atoms with van der Waals surface area (Å²) < 4.78 is 1.67. The third kappa shape index (κ3) is 3.14. The van der Waals surface area contributed by atoms with Crippen LogP contribution in [0.2, 0.25) is 0 Å². The fourth-order valence-electron chi connectivity index (χ4n) is 2.75. The lowest BCUT2D eigenvalue weighted by molar-refractivity contribution is 0.0943. The summed E-state index contributed by atoms with van der Waals surface area (Å²) in [6.07, 6.45) is 2.11. The molecule has 25 heavy (non-hydrogen) atoms. The number of benzene rings is 1. The molecule has 0 radical (unpaired) electrons. The van der Waals surface area contributed by atoms with E-state index in [1.165, 1.54) is 0 Å². The molecule has 5 nitrogen and oxygen atoms in total. The second-order valence-corrected chi connectivity index (χ2v) is 7.69. The highest BCUT2D eigenvalue weighted by Crippen LogP contribution is 2.26. The molecule has 0 saturated heterocycles. The fraction of sp³-hybridized carbons (Fsp3) is 0.350. The number of fused-ring (bicyclic) bond motifs is 1. The molecule has 128 valence electrons. The Morgan fingerprint density at radius 1 is 1.16 bits per heavy atom. The zero-order valence-electron chi connectivity index (χ0n) is 14.8. The molecule has 1 saturated carbocycles. The van der Waals surface area contributed by atoms with Crippen LogP contribution >= 0.6 is 0 Å². The van der Waals surface area contributed by atoms with Crippen LogP contribution in [0.1, 0.15) is 49.8 Å². The third-order valence-electron chi connectivity index (χ3n) is 4.41. The predicted molar refractivity (Wildman–Crippen MR) is 97.6 cm³/mol. The van der Waals surface area contributed by atoms with E-state index in [9.17, 15) is 4.79 Å². The topological polar surface area (TPSA) is 59.3 Å². The Labute approximate surface area is 147 Å². The maximum Gasteiger partial charge on any atom is 0.270 e. The van der Waals surface area contributed by atoms with Gasteiger partial charge < -0.3 is 5.32 Å². The number of carbonyl (C=O) groups excluding carboxylic acids is 1. The Morgan fingerprint density at radius 3 is 2.52 bits per heavy atom. The molecule has 1 aliphatic rings. The van der Waals surface area contributed by atoms with E-state index in [0.29, 0.717) is 17.4 Å². The minimum Gasteiger partial charge on any atom is -0.348 e. The lowest BCUT2D eigenvalue weighted by Crippen LogP contribution is -2.28. The van der Waals surface area contributed by atoms with Gasteiger partial charge >= 0.3 is 0 Å². The summed E-state index contributed by atoms with van der Waals surface area (Å²) in [6.45, 7) is 6.32. The van der Waals surface area contributed by atoms with Gasteiger partial charge in [0.1, 0.15) is 5.69 Å². The smallest absolute Gasteiger partial charge is 0.270 e. The van der Waals surface area contributed by atoms with Gasteiger partial charge in [0.05, 0.1) is 11.4 Å². The molecule has 0 aliphatic heterocycles. The molecule has 0 atom stereocenters. The van der Waals surface area contributed by atoms with Crippen molar-refractivity contribution in [1.29, 1.82) is 0 Å². The number of hydrogen-bond acceptors (Lipinski definition) is 3. The Hall–Kier alpha value is -2.69. The highest BCUT2D eigenvalue weighted by Gasteiger charge is 2.27. The van der Waals surface area contributed by atoms with Gasteiger partial charge in [-0.05, 0) is 18.9 Å². The molecule has 3 aromatic rings. The number of carbonyl (C=O) groups is 1. The lowest BCUT2D eigenvalue weighted by atomic mass is 9.93. The second-order valence-electron chi connectivity index (χ2n) is 7.69. The summed E-state index contributed by atoms with van der Waals surface area (Å²) in [6, 6.07) is 14.0. The molecule has 0 spiro atoms. The minimum atomic E-state index is -0.106. The highest BCUT2D eigenvalue weighted by atomic mass is 16.2. The van der Waals surface area contributed by atoms with E-state index < -0.39 is 0 Å². The summed E-state index contributed by atoms with van der Waals surface area (Å²) in [7, 11) is 0. The van der Waals surface area contributed by atoms with Gasteiger partial charge in [-0.15, -0.1) is 0 Å². The van der Waals surface area contributed by atoms with Crippen molar-refractivity contribution in [1.82, 2.24) is 19.9 Å². The molecule has 1 aromatic carbocycles. The quantitative estimate of drug-likeness (QED) is 0.796. The number of aromatic nitrogens is 3. The molecular formula is C20H22N4O. The standard InChI is InChI=1S/C20H22N4O/c1-20(2,3)17-12-18-22-15(13-7-5-4-6-8-13)11-16(24(18)23-17)19(25)21-14-9-10-14/h4-8,11-12,14H,9-10H2,1-3H3,(H,21,25). The normalized spacial score (nSPS) is 14.7. The van der Waals surface area contributed by atoms with Crippen LogP contribution in [-0.4, -0.2) is 26.5 Å². The molecule has 4 rings (SSSR count). The Morgan fingerprint density at radius 2 is 1.88 bits per heavy atom. The van der Waals surface area contributed by atoms with E-state index in [0.717, 1.165) is 29.8 Å². The second kappa shape index (κ2) is 5.69. The first-order valence-electron chi connectivity index (χ1n) is 8.69. The van der Waals surface area contributed by atoms with Crippen LogP contribution in [0.25, 0.3) is 16.9 Å². The molecule has 1 N–H and O–H groups in total. The van der Waals surface area contributed by atoms with Gasteiger partial charge in [0.25, 0.3) is 5.91 Å². The Bertz CT molecular complexity index is 933. The average Bonchev–Trinajstić information content (AvgIpc) is 3.27.